The summed E-state index contributed by atoms with van der Waals surface area (Å²) in [5, 5.41) is 7.76. The maximum atomic E-state index is 12.6. The summed E-state index contributed by atoms with van der Waals surface area (Å²) in [6.07, 6.45) is 3.19. The summed E-state index contributed by atoms with van der Waals surface area (Å²) in [6, 6.07) is 11.4. The van der Waals surface area contributed by atoms with Crippen molar-refractivity contribution in [3.8, 4) is 17.1 Å². The second-order valence-electron chi connectivity index (χ2n) is 6.20. The van der Waals surface area contributed by atoms with Gasteiger partial charge in [-0.25, -0.2) is 9.67 Å². The van der Waals surface area contributed by atoms with Crippen molar-refractivity contribution in [3.05, 3.63) is 60.6 Å². The average molecular weight is 398 g/mol. The van der Waals surface area contributed by atoms with E-state index in [-0.39, 0.29) is 18.0 Å². The molecule has 4 aromatic rings. The molecule has 9 heteroatoms. The number of carbonyl (C=O) groups is 1. The van der Waals surface area contributed by atoms with Gasteiger partial charge in [0, 0.05) is 11.8 Å². The van der Waals surface area contributed by atoms with Gasteiger partial charge in [-0.15, -0.1) is 0 Å². The molecule has 0 aliphatic heterocycles. The number of nitrogens with zero attached hydrogens (tertiary/aromatic N) is 3. The van der Waals surface area contributed by atoms with Crippen molar-refractivity contribution in [3.63, 3.8) is 0 Å². The molecule has 29 heavy (non-hydrogen) atoms. The standard InChI is InChI=1S/C20H16F2N4O3/c1-12-18-13(15-7-4-10-28-15)8-9-23-19(18)26(25-12)11-17(27)24-14-5-2-3-6-16(14)29-20(21)22/h2-10,20H,11H2,1H3,(H,24,27). The van der Waals surface area contributed by atoms with Crippen molar-refractivity contribution >= 4 is 22.6 Å². The molecule has 1 amide bonds. The van der Waals surface area contributed by atoms with Crippen LogP contribution in [-0.4, -0.2) is 27.3 Å². The Bertz CT molecular complexity index is 1160. The number of benzene rings is 1. The van der Waals surface area contributed by atoms with E-state index in [0.29, 0.717) is 17.1 Å². The summed E-state index contributed by atoms with van der Waals surface area (Å²) in [7, 11) is 0. The van der Waals surface area contributed by atoms with Crippen molar-refractivity contribution in [2.45, 2.75) is 20.1 Å². The number of alkyl halides is 2. The van der Waals surface area contributed by atoms with Crippen molar-refractivity contribution in [1.29, 1.82) is 0 Å². The highest BCUT2D eigenvalue weighted by Gasteiger charge is 2.18. The summed E-state index contributed by atoms with van der Waals surface area (Å²) in [6.45, 7) is -1.33. The van der Waals surface area contributed by atoms with Gasteiger partial charge in [0.05, 0.1) is 23.0 Å². The zero-order valence-corrected chi connectivity index (χ0v) is 15.3. The van der Waals surface area contributed by atoms with Crippen LogP contribution in [0.3, 0.4) is 0 Å². The molecule has 148 valence electrons. The number of carbonyl (C=O) groups excluding carboxylic acids is 1. The molecule has 0 saturated carbocycles. The number of furan rings is 1. The number of para-hydroxylation sites is 2. The van der Waals surface area contributed by atoms with Crippen LogP contribution >= 0.6 is 0 Å². The number of hydrogen-bond acceptors (Lipinski definition) is 5. The smallest absolute Gasteiger partial charge is 0.387 e. The molecule has 4 rings (SSSR count). The van der Waals surface area contributed by atoms with Gasteiger partial charge in [-0.2, -0.15) is 13.9 Å². The van der Waals surface area contributed by atoms with Crippen LogP contribution in [0.25, 0.3) is 22.4 Å². The van der Waals surface area contributed by atoms with E-state index in [2.05, 4.69) is 20.1 Å². The molecule has 0 unspecified atom stereocenters. The molecule has 0 fully saturated rings. The first-order valence-corrected chi connectivity index (χ1v) is 8.72. The predicted molar refractivity (Wildman–Crippen MR) is 102 cm³/mol. The van der Waals surface area contributed by atoms with Crippen LogP contribution in [0.5, 0.6) is 5.75 Å². The average Bonchev–Trinajstić information content (AvgIpc) is 3.32. The van der Waals surface area contributed by atoms with Gasteiger partial charge in [0.2, 0.25) is 5.91 Å². The minimum absolute atomic E-state index is 0.115. The molecule has 0 aliphatic carbocycles. The Kier molecular flexibility index (Phi) is 4.94. The summed E-state index contributed by atoms with van der Waals surface area (Å²) < 4.78 is 36.5. The quantitative estimate of drug-likeness (QED) is 0.525. The van der Waals surface area contributed by atoms with Crippen LogP contribution in [0.4, 0.5) is 14.5 Å². The predicted octanol–water partition coefficient (Wildman–Crippen LogP) is 4.24. The van der Waals surface area contributed by atoms with Crippen LogP contribution in [-0.2, 0) is 11.3 Å². The van der Waals surface area contributed by atoms with Crippen LogP contribution in [0.2, 0.25) is 0 Å². The lowest BCUT2D eigenvalue weighted by Gasteiger charge is -2.11. The van der Waals surface area contributed by atoms with Gasteiger partial charge in [-0.3, -0.25) is 4.79 Å². The van der Waals surface area contributed by atoms with E-state index in [0.717, 1.165) is 10.9 Å². The third-order valence-electron chi connectivity index (χ3n) is 4.27. The number of anilines is 1. The summed E-state index contributed by atoms with van der Waals surface area (Å²) >= 11 is 0. The molecule has 0 atom stereocenters. The van der Waals surface area contributed by atoms with Crippen LogP contribution in [0, 0.1) is 6.92 Å². The normalized spacial score (nSPS) is 11.2. The Labute approximate surface area is 163 Å². The minimum Gasteiger partial charge on any atom is -0.464 e. The maximum absolute atomic E-state index is 12.6. The SMILES string of the molecule is Cc1nn(CC(=O)Nc2ccccc2OC(F)F)c2nccc(-c3ccco3)c12. The Morgan fingerprint density at radius 3 is 2.83 bits per heavy atom. The van der Waals surface area contributed by atoms with Crippen LogP contribution in [0.15, 0.2) is 59.3 Å². The highest BCUT2D eigenvalue weighted by Crippen LogP contribution is 2.30. The fourth-order valence-electron chi connectivity index (χ4n) is 3.12. The molecule has 0 aliphatic rings. The molecule has 1 N–H and O–H groups in total. The third kappa shape index (κ3) is 3.79. The minimum atomic E-state index is -2.99. The number of amides is 1. The molecule has 7 nitrogen and oxygen atoms in total. The van der Waals surface area contributed by atoms with Crippen LogP contribution < -0.4 is 10.1 Å². The van der Waals surface area contributed by atoms with Gasteiger partial charge >= 0.3 is 6.61 Å². The molecule has 0 bridgehead atoms. The first-order valence-electron chi connectivity index (χ1n) is 8.72. The summed E-state index contributed by atoms with van der Waals surface area (Å²) in [5.74, 6) is 0.100. The fraction of sp³-hybridized carbons (Fsp3) is 0.150. The number of aryl methyl sites for hydroxylation is 1. The lowest BCUT2D eigenvalue weighted by molar-refractivity contribution is -0.116. The number of ether oxygens (including phenoxy) is 1. The Balaban J connectivity index is 1.61. The van der Waals surface area contributed by atoms with Crippen LogP contribution in [0.1, 0.15) is 5.69 Å². The van der Waals surface area contributed by atoms with Gasteiger partial charge < -0.3 is 14.5 Å². The Hall–Kier alpha value is -3.75. The lowest BCUT2D eigenvalue weighted by atomic mass is 10.1. The summed E-state index contributed by atoms with van der Waals surface area (Å²) in [5.41, 5.74) is 2.17. The van der Waals surface area contributed by atoms with E-state index in [1.807, 2.05) is 19.1 Å². The number of pyridine rings is 1. The zero-order valence-electron chi connectivity index (χ0n) is 15.3. The molecule has 1 aromatic carbocycles. The highest BCUT2D eigenvalue weighted by atomic mass is 19.3. The lowest BCUT2D eigenvalue weighted by Crippen LogP contribution is -2.20. The number of nitrogens with one attached hydrogen (secondary N) is 1. The number of hydrogen-bond donors (Lipinski definition) is 1. The molecular formula is C20H16F2N4O3. The van der Waals surface area contributed by atoms with Gasteiger partial charge in [0.15, 0.2) is 5.65 Å². The van der Waals surface area contributed by atoms with E-state index in [9.17, 15) is 13.6 Å². The molecule has 3 heterocycles. The molecule has 0 spiro atoms. The van der Waals surface area contributed by atoms with Crippen molar-refractivity contribution in [2.24, 2.45) is 0 Å². The summed E-state index contributed by atoms with van der Waals surface area (Å²) in [4.78, 5) is 16.9. The second kappa shape index (κ2) is 7.70. The number of rotatable bonds is 6. The van der Waals surface area contributed by atoms with E-state index < -0.39 is 12.5 Å². The number of halogens is 2. The Morgan fingerprint density at radius 2 is 2.07 bits per heavy atom. The largest absolute Gasteiger partial charge is 0.464 e. The molecular weight excluding hydrogens is 382 g/mol. The number of aromatic nitrogens is 3. The number of fused-ring (bicyclic) bond motifs is 1. The van der Waals surface area contributed by atoms with Crippen molar-refractivity contribution in [2.75, 3.05) is 5.32 Å². The maximum Gasteiger partial charge on any atom is 0.387 e. The molecule has 0 radical (unpaired) electrons. The van der Waals surface area contributed by atoms with E-state index in [1.165, 1.54) is 22.9 Å². The Morgan fingerprint density at radius 1 is 1.24 bits per heavy atom. The fourth-order valence-corrected chi connectivity index (χ4v) is 3.12. The van der Waals surface area contributed by atoms with Crippen molar-refractivity contribution in [1.82, 2.24) is 14.8 Å². The first kappa shape index (κ1) is 18.6. The second-order valence-corrected chi connectivity index (χ2v) is 6.20. The first-order chi connectivity index (χ1) is 14.0. The van der Waals surface area contributed by atoms with Crippen molar-refractivity contribution < 1.29 is 22.7 Å². The topological polar surface area (TPSA) is 82.2 Å². The zero-order chi connectivity index (χ0) is 20.4. The van der Waals surface area contributed by atoms with Gasteiger partial charge in [-0.05, 0) is 37.3 Å². The van der Waals surface area contributed by atoms with E-state index >= 15 is 0 Å². The van der Waals surface area contributed by atoms with Gasteiger partial charge in [0.25, 0.3) is 0 Å². The van der Waals surface area contributed by atoms with Gasteiger partial charge in [-0.1, -0.05) is 12.1 Å². The third-order valence-corrected chi connectivity index (χ3v) is 4.27. The monoisotopic (exact) mass is 398 g/mol. The van der Waals surface area contributed by atoms with E-state index in [4.69, 9.17) is 4.42 Å². The molecule has 0 saturated heterocycles. The highest BCUT2D eigenvalue weighted by molar-refractivity contribution is 5.96. The van der Waals surface area contributed by atoms with Gasteiger partial charge in [0.1, 0.15) is 18.1 Å². The molecule has 3 aromatic heterocycles. The van der Waals surface area contributed by atoms with E-state index in [1.54, 1.807) is 24.6 Å².